The zero-order chi connectivity index (χ0) is 16.4. The van der Waals surface area contributed by atoms with Crippen LogP contribution >= 0.6 is 0 Å². The average molecular weight is 316 g/mol. The fraction of sp³-hybridized carbons (Fsp3) is 0.222. The molecule has 0 radical (unpaired) electrons. The molecule has 0 amide bonds. The van der Waals surface area contributed by atoms with E-state index < -0.39 is 0 Å². The Balaban J connectivity index is 1.62. The molecule has 3 heterocycles. The summed E-state index contributed by atoms with van der Waals surface area (Å²) in [5.41, 5.74) is 2.40. The summed E-state index contributed by atoms with van der Waals surface area (Å²) in [6, 6.07) is 12.0. The van der Waals surface area contributed by atoms with Crippen molar-refractivity contribution in [1.29, 1.82) is 5.26 Å². The van der Waals surface area contributed by atoms with Crippen LogP contribution in [0.25, 0.3) is 10.9 Å². The molecule has 1 saturated heterocycles. The maximum atomic E-state index is 9.26. The van der Waals surface area contributed by atoms with Crippen molar-refractivity contribution in [2.75, 3.05) is 36.0 Å². The lowest BCUT2D eigenvalue weighted by atomic mass is 10.1. The molecular formula is C18H16N6. The molecule has 1 fully saturated rings. The molecule has 24 heavy (non-hydrogen) atoms. The molecule has 6 nitrogen and oxygen atoms in total. The van der Waals surface area contributed by atoms with Crippen molar-refractivity contribution in [3.05, 3.63) is 54.6 Å². The van der Waals surface area contributed by atoms with Gasteiger partial charge in [-0.1, -0.05) is 18.2 Å². The van der Waals surface area contributed by atoms with Crippen LogP contribution in [0.1, 0.15) is 5.69 Å². The lowest BCUT2D eigenvalue weighted by Gasteiger charge is -2.37. The van der Waals surface area contributed by atoms with Crippen LogP contribution in [0.3, 0.4) is 0 Å². The topological polar surface area (TPSA) is 68.9 Å². The number of benzene rings is 1. The van der Waals surface area contributed by atoms with Crippen molar-refractivity contribution in [1.82, 2.24) is 15.0 Å². The van der Waals surface area contributed by atoms with Crippen LogP contribution in [0.4, 0.5) is 11.5 Å². The van der Waals surface area contributed by atoms with Crippen molar-refractivity contribution in [3.8, 4) is 6.07 Å². The third-order valence-electron chi connectivity index (χ3n) is 4.30. The Hall–Kier alpha value is -3.20. The molecule has 0 saturated carbocycles. The van der Waals surface area contributed by atoms with Gasteiger partial charge in [0.2, 0.25) is 0 Å². The zero-order valence-corrected chi connectivity index (χ0v) is 13.1. The van der Waals surface area contributed by atoms with Gasteiger partial charge in [-0.3, -0.25) is 4.98 Å². The van der Waals surface area contributed by atoms with Crippen LogP contribution in [0.2, 0.25) is 0 Å². The molecule has 1 aromatic carbocycles. The number of piperazine rings is 1. The number of nitrogens with zero attached hydrogens (tertiary/aromatic N) is 6. The minimum atomic E-state index is 0.458. The van der Waals surface area contributed by atoms with E-state index in [9.17, 15) is 5.26 Å². The normalized spacial score (nSPS) is 14.6. The molecule has 3 aromatic rings. The van der Waals surface area contributed by atoms with E-state index in [1.54, 1.807) is 18.6 Å². The molecular weight excluding hydrogens is 300 g/mol. The highest BCUT2D eigenvalue weighted by Gasteiger charge is 2.20. The van der Waals surface area contributed by atoms with E-state index in [0.717, 1.165) is 48.6 Å². The standard InChI is InChI=1S/C18H16N6/c19-12-14-11-17(15-3-1-2-4-16(15)22-14)23-7-9-24(10-8-23)18-13-20-5-6-21-18/h1-6,11,13H,7-10H2. The number of aromatic nitrogens is 3. The Kier molecular flexibility index (Phi) is 3.67. The summed E-state index contributed by atoms with van der Waals surface area (Å²) in [4.78, 5) is 17.5. The Morgan fingerprint density at radius 1 is 1.00 bits per heavy atom. The number of pyridine rings is 1. The van der Waals surface area contributed by atoms with Crippen LogP contribution in [-0.4, -0.2) is 41.1 Å². The molecule has 4 rings (SSSR count). The first-order valence-corrected chi connectivity index (χ1v) is 7.91. The molecule has 0 N–H and O–H groups in total. The minimum Gasteiger partial charge on any atom is -0.367 e. The molecule has 1 aliphatic heterocycles. The molecule has 0 spiro atoms. The fourth-order valence-electron chi connectivity index (χ4n) is 3.11. The van der Waals surface area contributed by atoms with Crippen molar-refractivity contribution < 1.29 is 0 Å². The van der Waals surface area contributed by atoms with Crippen LogP contribution in [0, 0.1) is 11.3 Å². The quantitative estimate of drug-likeness (QED) is 0.722. The van der Waals surface area contributed by atoms with Gasteiger partial charge in [0.15, 0.2) is 0 Å². The Labute approximate surface area is 140 Å². The van der Waals surface area contributed by atoms with Crippen LogP contribution in [-0.2, 0) is 0 Å². The molecule has 0 bridgehead atoms. The first-order chi connectivity index (χ1) is 11.8. The summed E-state index contributed by atoms with van der Waals surface area (Å²) < 4.78 is 0. The molecule has 0 unspecified atom stereocenters. The second-order valence-corrected chi connectivity index (χ2v) is 5.69. The van der Waals surface area contributed by atoms with E-state index in [1.807, 2.05) is 24.3 Å². The molecule has 1 aliphatic rings. The van der Waals surface area contributed by atoms with Gasteiger partial charge in [-0.25, -0.2) is 9.97 Å². The SMILES string of the molecule is N#Cc1cc(N2CCN(c3cnccn3)CC2)c2ccccc2n1. The van der Waals surface area contributed by atoms with E-state index in [1.165, 1.54) is 0 Å². The van der Waals surface area contributed by atoms with Crippen LogP contribution in [0.15, 0.2) is 48.9 Å². The summed E-state index contributed by atoms with van der Waals surface area (Å²) in [7, 11) is 0. The van der Waals surface area contributed by atoms with Crippen LogP contribution in [0.5, 0.6) is 0 Å². The molecule has 6 heteroatoms. The lowest BCUT2D eigenvalue weighted by molar-refractivity contribution is 0.647. The lowest BCUT2D eigenvalue weighted by Crippen LogP contribution is -2.47. The van der Waals surface area contributed by atoms with E-state index in [-0.39, 0.29) is 0 Å². The number of rotatable bonds is 2. The van der Waals surface area contributed by atoms with Gasteiger partial charge in [0.05, 0.1) is 11.7 Å². The second kappa shape index (κ2) is 6.13. The number of hydrogen-bond acceptors (Lipinski definition) is 6. The highest BCUT2D eigenvalue weighted by molar-refractivity contribution is 5.92. The first-order valence-electron chi connectivity index (χ1n) is 7.91. The Morgan fingerprint density at radius 2 is 1.79 bits per heavy atom. The maximum absolute atomic E-state index is 9.26. The third kappa shape index (κ3) is 2.61. The zero-order valence-electron chi connectivity index (χ0n) is 13.1. The largest absolute Gasteiger partial charge is 0.367 e. The molecule has 118 valence electrons. The van der Waals surface area contributed by atoms with E-state index in [4.69, 9.17) is 0 Å². The number of nitriles is 1. The van der Waals surface area contributed by atoms with E-state index in [0.29, 0.717) is 5.69 Å². The predicted octanol–water partition coefficient (Wildman–Crippen LogP) is 2.22. The summed E-state index contributed by atoms with van der Waals surface area (Å²) in [6.07, 6.45) is 5.20. The number of fused-ring (bicyclic) bond motifs is 1. The van der Waals surface area contributed by atoms with Gasteiger partial charge < -0.3 is 9.80 Å². The fourth-order valence-corrected chi connectivity index (χ4v) is 3.11. The van der Waals surface area contributed by atoms with Crippen molar-refractivity contribution >= 4 is 22.4 Å². The molecule has 2 aromatic heterocycles. The van der Waals surface area contributed by atoms with Gasteiger partial charge in [-0.15, -0.1) is 0 Å². The summed E-state index contributed by atoms with van der Waals surface area (Å²) in [5, 5.41) is 10.3. The Bertz CT molecular complexity index is 894. The monoisotopic (exact) mass is 316 g/mol. The third-order valence-corrected chi connectivity index (χ3v) is 4.30. The van der Waals surface area contributed by atoms with Gasteiger partial charge in [-0.2, -0.15) is 5.26 Å². The van der Waals surface area contributed by atoms with E-state index in [2.05, 4.69) is 36.9 Å². The summed E-state index contributed by atoms with van der Waals surface area (Å²) in [6.45, 7) is 3.49. The van der Waals surface area contributed by atoms with Crippen molar-refractivity contribution in [3.63, 3.8) is 0 Å². The summed E-state index contributed by atoms with van der Waals surface area (Å²) in [5.74, 6) is 0.912. The van der Waals surface area contributed by atoms with Gasteiger partial charge in [0.1, 0.15) is 17.6 Å². The number of para-hydroxylation sites is 1. The van der Waals surface area contributed by atoms with Gasteiger partial charge in [0, 0.05) is 49.6 Å². The molecule has 0 atom stereocenters. The minimum absolute atomic E-state index is 0.458. The average Bonchev–Trinajstić information content (AvgIpc) is 2.68. The Morgan fingerprint density at radius 3 is 2.54 bits per heavy atom. The highest BCUT2D eigenvalue weighted by Crippen LogP contribution is 2.28. The number of hydrogen-bond donors (Lipinski definition) is 0. The summed E-state index contributed by atoms with van der Waals surface area (Å²) >= 11 is 0. The highest BCUT2D eigenvalue weighted by atomic mass is 15.3. The van der Waals surface area contributed by atoms with Crippen LogP contribution < -0.4 is 9.80 Å². The molecule has 0 aliphatic carbocycles. The predicted molar refractivity (Wildman–Crippen MR) is 92.9 cm³/mol. The smallest absolute Gasteiger partial charge is 0.147 e. The maximum Gasteiger partial charge on any atom is 0.147 e. The first kappa shape index (κ1) is 14.4. The van der Waals surface area contributed by atoms with Crippen molar-refractivity contribution in [2.24, 2.45) is 0 Å². The van der Waals surface area contributed by atoms with E-state index >= 15 is 0 Å². The second-order valence-electron chi connectivity index (χ2n) is 5.69. The number of anilines is 2. The van der Waals surface area contributed by atoms with Gasteiger partial charge >= 0.3 is 0 Å². The van der Waals surface area contributed by atoms with Gasteiger partial charge in [0.25, 0.3) is 0 Å². The van der Waals surface area contributed by atoms with Gasteiger partial charge in [-0.05, 0) is 12.1 Å². The van der Waals surface area contributed by atoms with Crippen molar-refractivity contribution in [2.45, 2.75) is 0 Å².